The zero-order chi connectivity index (χ0) is 9.26. The van der Waals surface area contributed by atoms with Gasteiger partial charge in [0.15, 0.2) is 0 Å². The Morgan fingerprint density at radius 1 is 1.31 bits per heavy atom. The summed E-state index contributed by atoms with van der Waals surface area (Å²) in [5.74, 6) is 1.36. The molecule has 1 fully saturated rings. The van der Waals surface area contributed by atoms with E-state index in [-0.39, 0.29) is 0 Å². The predicted octanol–water partition coefficient (Wildman–Crippen LogP) is 2.63. The van der Waals surface area contributed by atoms with Crippen LogP contribution >= 0.6 is 0 Å². The molecule has 0 heterocycles. The zero-order valence-electron chi connectivity index (χ0n) is 8.16. The number of benzene rings is 1. The highest BCUT2D eigenvalue weighted by molar-refractivity contribution is 5.29. The van der Waals surface area contributed by atoms with Crippen molar-refractivity contribution in [1.82, 2.24) is 0 Å². The molecule has 0 amide bonds. The molecule has 1 nitrogen and oxygen atoms in total. The maximum atomic E-state index is 5.61. The molecule has 0 radical (unpaired) electrons. The molecule has 1 saturated carbocycles. The second-order valence-electron chi connectivity index (χ2n) is 4.08. The van der Waals surface area contributed by atoms with Crippen LogP contribution in [0.5, 0.6) is 0 Å². The van der Waals surface area contributed by atoms with Crippen LogP contribution in [0.3, 0.4) is 0 Å². The van der Waals surface area contributed by atoms with Crippen molar-refractivity contribution in [2.75, 3.05) is 6.54 Å². The molecule has 1 aliphatic carbocycles. The van der Waals surface area contributed by atoms with E-state index >= 15 is 0 Å². The summed E-state index contributed by atoms with van der Waals surface area (Å²) in [7, 11) is 0. The first-order chi connectivity index (χ1) is 6.31. The largest absolute Gasteiger partial charge is 0.330 e. The highest BCUT2D eigenvalue weighted by atomic mass is 14.5. The summed E-state index contributed by atoms with van der Waals surface area (Å²) in [4.78, 5) is 0. The Hall–Kier alpha value is -0.820. The summed E-state index contributed by atoms with van der Waals surface area (Å²) in [5.41, 5.74) is 8.49. The summed E-state index contributed by atoms with van der Waals surface area (Å²) >= 11 is 0. The fraction of sp³-hybridized carbons (Fsp3) is 0.500. The lowest BCUT2D eigenvalue weighted by Crippen LogP contribution is -2.08. The minimum atomic E-state index is 0.494. The Morgan fingerprint density at radius 3 is 2.38 bits per heavy atom. The molecule has 1 aromatic carbocycles. The van der Waals surface area contributed by atoms with Gasteiger partial charge in [-0.25, -0.2) is 0 Å². The first kappa shape index (κ1) is 8.76. The van der Waals surface area contributed by atoms with Crippen LogP contribution in [0.4, 0.5) is 0 Å². The first-order valence-corrected chi connectivity index (χ1v) is 5.11. The van der Waals surface area contributed by atoms with E-state index in [1.165, 1.54) is 24.0 Å². The Balaban J connectivity index is 2.12. The fourth-order valence-electron chi connectivity index (χ4n) is 1.65. The standard InChI is InChI=1S/C12H17N/c1-9(8-13)10-2-4-11(5-3-10)12-6-7-12/h2-5,9,12H,6-8,13H2,1H3. The number of nitrogens with two attached hydrogens (primary N) is 1. The molecule has 2 rings (SSSR count). The lowest BCUT2D eigenvalue weighted by molar-refractivity contribution is 0.773. The van der Waals surface area contributed by atoms with Crippen LogP contribution in [0.1, 0.15) is 42.7 Å². The van der Waals surface area contributed by atoms with Crippen LogP contribution in [-0.2, 0) is 0 Å². The van der Waals surface area contributed by atoms with Crippen LogP contribution in [0.2, 0.25) is 0 Å². The third kappa shape index (κ3) is 1.92. The van der Waals surface area contributed by atoms with Crippen molar-refractivity contribution in [2.24, 2.45) is 5.73 Å². The maximum Gasteiger partial charge on any atom is -0.00109 e. The minimum Gasteiger partial charge on any atom is -0.330 e. The normalized spacial score (nSPS) is 18.6. The van der Waals surface area contributed by atoms with Crippen LogP contribution in [0.15, 0.2) is 24.3 Å². The molecule has 2 N–H and O–H groups in total. The molecular weight excluding hydrogens is 158 g/mol. The molecule has 0 aliphatic heterocycles. The van der Waals surface area contributed by atoms with E-state index in [1.807, 2.05) is 0 Å². The summed E-state index contributed by atoms with van der Waals surface area (Å²) in [6, 6.07) is 8.98. The van der Waals surface area contributed by atoms with Crippen molar-refractivity contribution in [3.05, 3.63) is 35.4 Å². The second-order valence-corrected chi connectivity index (χ2v) is 4.08. The minimum absolute atomic E-state index is 0.494. The average Bonchev–Trinajstić information content (AvgIpc) is 3.00. The monoisotopic (exact) mass is 175 g/mol. The van der Waals surface area contributed by atoms with Gasteiger partial charge in [-0.1, -0.05) is 31.2 Å². The van der Waals surface area contributed by atoms with Crippen molar-refractivity contribution in [3.63, 3.8) is 0 Å². The molecule has 1 atom stereocenters. The summed E-state index contributed by atoms with van der Waals surface area (Å²) < 4.78 is 0. The molecule has 0 saturated heterocycles. The van der Waals surface area contributed by atoms with Crippen LogP contribution in [-0.4, -0.2) is 6.54 Å². The third-order valence-corrected chi connectivity index (χ3v) is 2.91. The highest BCUT2D eigenvalue weighted by Crippen LogP contribution is 2.40. The SMILES string of the molecule is CC(CN)c1ccc(C2CC2)cc1. The molecule has 1 heteroatoms. The van der Waals surface area contributed by atoms with E-state index in [9.17, 15) is 0 Å². The molecule has 70 valence electrons. The molecule has 13 heavy (non-hydrogen) atoms. The van der Waals surface area contributed by atoms with E-state index in [2.05, 4.69) is 31.2 Å². The van der Waals surface area contributed by atoms with Gasteiger partial charge >= 0.3 is 0 Å². The van der Waals surface area contributed by atoms with Crippen molar-refractivity contribution < 1.29 is 0 Å². The van der Waals surface area contributed by atoms with Crippen LogP contribution < -0.4 is 5.73 Å². The molecule has 1 aromatic rings. The number of rotatable bonds is 3. The van der Waals surface area contributed by atoms with Crippen LogP contribution in [0.25, 0.3) is 0 Å². The Labute approximate surface area is 80.0 Å². The van der Waals surface area contributed by atoms with E-state index < -0.39 is 0 Å². The average molecular weight is 175 g/mol. The van der Waals surface area contributed by atoms with Gasteiger partial charge in [0, 0.05) is 0 Å². The fourth-order valence-corrected chi connectivity index (χ4v) is 1.65. The molecular formula is C12H17N. The van der Waals surface area contributed by atoms with Gasteiger partial charge in [0.25, 0.3) is 0 Å². The number of hydrogen-bond acceptors (Lipinski definition) is 1. The Bertz CT molecular complexity index is 272. The Kier molecular flexibility index (Phi) is 2.36. The van der Waals surface area contributed by atoms with Crippen molar-refractivity contribution in [2.45, 2.75) is 31.6 Å². The third-order valence-electron chi connectivity index (χ3n) is 2.91. The molecule has 0 aromatic heterocycles. The molecule has 0 bridgehead atoms. The van der Waals surface area contributed by atoms with E-state index in [1.54, 1.807) is 0 Å². The predicted molar refractivity (Wildman–Crippen MR) is 55.9 cm³/mol. The molecule has 0 spiro atoms. The van der Waals surface area contributed by atoms with Gasteiger partial charge in [-0.3, -0.25) is 0 Å². The zero-order valence-corrected chi connectivity index (χ0v) is 8.16. The highest BCUT2D eigenvalue weighted by Gasteiger charge is 2.22. The van der Waals surface area contributed by atoms with Gasteiger partial charge in [-0.05, 0) is 42.3 Å². The van der Waals surface area contributed by atoms with Crippen LogP contribution in [0, 0.1) is 0 Å². The smallest absolute Gasteiger partial charge is 0.00109 e. The van der Waals surface area contributed by atoms with Gasteiger partial charge in [-0.2, -0.15) is 0 Å². The van der Waals surface area contributed by atoms with Crippen molar-refractivity contribution in [3.8, 4) is 0 Å². The quantitative estimate of drug-likeness (QED) is 0.751. The van der Waals surface area contributed by atoms with Crippen molar-refractivity contribution in [1.29, 1.82) is 0 Å². The Morgan fingerprint density at radius 2 is 1.92 bits per heavy atom. The van der Waals surface area contributed by atoms with Gasteiger partial charge in [0.2, 0.25) is 0 Å². The van der Waals surface area contributed by atoms with Gasteiger partial charge in [0.05, 0.1) is 0 Å². The van der Waals surface area contributed by atoms with Gasteiger partial charge in [-0.15, -0.1) is 0 Å². The first-order valence-electron chi connectivity index (χ1n) is 5.11. The van der Waals surface area contributed by atoms with Gasteiger partial charge in [0.1, 0.15) is 0 Å². The van der Waals surface area contributed by atoms with E-state index in [0.717, 1.165) is 12.5 Å². The molecule has 1 unspecified atom stereocenters. The van der Waals surface area contributed by atoms with E-state index in [0.29, 0.717) is 5.92 Å². The van der Waals surface area contributed by atoms with Crippen molar-refractivity contribution >= 4 is 0 Å². The molecule has 1 aliphatic rings. The second kappa shape index (κ2) is 3.51. The van der Waals surface area contributed by atoms with E-state index in [4.69, 9.17) is 5.73 Å². The summed E-state index contributed by atoms with van der Waals surface area (Å²) in [5, 5.41) is 0. The summed E-state index contributed by atoms with van der Waals surface area (Å²) in [6.45, 7) is 2.91. The maximum absolute atomic E-state index is 5.61. The van der Waals surface area contributed by atoms with Gasteiger partial charge < -0.3 is 5.73 Å². The summed E-state index contributed by atoms with van der Waals surface area (Å²) in [6.07, 6.45) is 2.76. The lowest BCUT2D eigenvalue weighted by Gasteiger charge is -2.09. The number of hydrogen-bond donors (Lipinski definition) is 1. The lowest BCUT2D eigenvalue weighted by atomic mass is 9.99. The topological polar surface area (TPSA) is 26.0 Å².